The third-order valence-corrected chi connectivity index (χ3v) is 2.62. The molecule has 1 aromatic carbocycles. The zero-order valence-electron chi connectivity index (χ0n) is 11.7. The number of hydrogen-bond donors (Lipinski definition) is 1. The van der Waals surface area contributed by atoms with Crippen LogP contribution in [0.3, 0.4) is 0 Å². The number of terminal acetylenes is 1. The second-order valence-electron chi connectivity index (χ2n) is 4.16. The highest BCUT2D eigenvalue weighted by atomic mass is 127. The van der Waals surface area contributed by atoms with Crippen LogP contribution in [0, 0.1) is 12.3 Å². The van der Waals surface area contributed by atoms with Crippen LogP contribution in [-0.4, -0.2) is 31.5 Å². The topological polar surface area (TPSA) is 27.6 Å². The molecule has 0 aliphatic carbocycles. The fourth-order valence-corrected chi connectivity index (χ4v) is 1.66. The van der Waals surface area contributed by atoms with Crippen LogP contribution in [0.25, 0.3) is 0 Å². The Hall–Kier alpha value is -1.43. The third-order valence-electron chi connectivity index (χ3n) is 2.62. The van der Waals surface area contributed by atoms with Crippen molar-refractivity contribution in [3.8, 4) is 12.3 Å². The zero-order valence-corrected chi connectivity index (χ0v) is 14.1. The number of nitrogens with one attached hydrogen (secondary N) is 1. The summed E-state index contributed by atoms with van der Waals surface area (Å²) in [5, 5.41) is 2.93. The molecule has 0 bridgehead atoms. The quantitative estimate of drug-likeness (QED) is 0.359. The predicted molar refractivity (Wildman–Crippen MR) is 88.5 cm³/mol. The van der Waals surface area contributed by atoms with Gasteiger partial charge in [0.25, 0.3) is 0 Å². The summed E-state index contributed by atoms with van der Waals surface area (Å²) < 4.78 is 37.3. The van der Waals surface area contributed by atoms with E-state index in [2.05, 4.69) is 16.2 Å². The van der Waals surface area contributed by atoms with Gasteiger partial charge in [0.15, 0.2) is 5.96 Å². The van der Waals surface area contributed by atoms with E-state index in [1.165, 1.54) is 12.1 Å². The first-order chi connectivity index (χ1) is 9.38. The van der Waals surface area contributed by atoms with Crippen LogP contribution in [0.5, 0.6) is 0 Å². The minimum atomic E-state index is -4.31. The van der Waals surface area contributed by atoms with E-state index in [-0.39, 0.29) is 24.0 Å². The summed E-state index contributed by atoms with van der Waals surface area (Å²) >= 11 is 0. The van der Waals surface area contributed by atoms with Gasteiger partial charge in [-0.3, -0.25) is 4.99 Å². The highest BCUT2D eigenvalue weighted by Gasteiger charge is 2.29. The first-order valence-corrected chi connectivity index (χ1v) is 5.90. The number of benzene rings is 1. The van der Waals surface area contributed by atoms with Gasteiger partial charge < -0.3 is 10.2 Å². The van der Waals surface area contributed by atoms with Gasteiger partial charge in [-0.05, 0) is 17.7 Å². The molecule has 116 valence electrons. The average Bonchev–Trinajstić information content (AvgIpc) is 2.39. The van der Waals surface area contributed by atoms with Gasteiger partial charge in [-0.15, -0.1) is 30.4 Å². The predicted octanol–water partition coefficient (Wildman–Crippen LogP) is 2.96. The summed E-state index contributed by atoms with van der Waals surface area (Å²) in [4.78, 5) is 5.81. The molecule has 0 unspecified atom stereocenters. The lowest BCUT2D eigenvalue weighted by atomic mass is 10.1. The molecule has 7 heteroatoms. The summed E-state index contributed by atoms with van der Waals surface area (Å²) in [6.07, 6.45) is 0.838. The van der Waals surface area contributed by atoms with Gasteiger partial charge >= 0.3 is 6.18 Å². The summed E-state index contributed by atoms with van der Waals surface area (Å²) in [6.45, 7) is 0.770. The Morgan fingerprint density at radius 3 is 2.33 bits per heavy atom. The van der Waals surface area contributed by atoms with Crippen LogP contribution >= 0.6 is 24.0 Å². The van der Waals surface area contributed by atoms with Gasteiger partial charge in [0.1, 0.15) is 0 Å². The Morgan fingerprint density at radius 2 is 1.90 bits per heavy atom. The van der Waals surface area contributed by atoms with Crippen molar-refractivity contribution >= 4 is 29.9 Å². The molecule has 0 aliphatic heterocycles. The molecule has 0 saturated carbocycles. The molecule has 0 aromatic heterocycles. The molecule has 0 aliphatic rings. The van der Waals surface area contributed by atoms with Crippen molar-refractivity contribution < 1.29 is 13.2 Å². The molecular formula is C14H17F3IN3. The van der Waals surface area contributed by atoms with Crippen LogP contribution in [0.15, 0.2) is 29.3 Å². The van der Waals surface area contributed by atoms with Gasteiger partial charge in [0.05, 0.1) is 12.1 Å². The fraction of sp³-hybridized carbons (Fsp3) is 0.357. The summed E-state index contributed by atoms with van der Waals surface area (Å²) in [6, 6.07) is 5.04. The van der Waals surface area contributed by atoms with Crippen molar-refractivity contribution in [1.29, 1.82) is 0 Å². The van der Waals surface area contributed by atoms with Crippen molar-refractivity contribution in [2.75, 3.05) is 20.6 Å². The van der Waals surface area contributed by atoms with Crippen molar-refractivity contribution in [2.24, 2.45) is 4.99 Å². The second kappa shape index (κ2) is 8.77. The number of hydrogen-bond acceptors (Lipinski definition) is 1. The SMILES string of the molecule is C#CCNC(=NC)N(C)Cc1ccc(C(F)(F)F)cc1.I. The fourth-order valence-electron chi connectivity index (χ4n) is 1.66. The van der Waals surface area contributed by atoms with Gasteiger partial charge in [-0.25, -0.2) is 0 Å². The number of aliphatic imine (C=N–C) groups is 1. The minimum absolute atomic E-state index is 0. The maximum Gasteiger partial charge on any atom is 0.416 e. The molecular weight excluding hydrogens is 394 g/mol. The monoisotopic (exact) mass is 411 g/mol. The van der Waals surface area contributed by atoms with Crippen LogP contribution in [0.2, 0.25) is 0 Å². The van der Waals surface area contributed by atoms with E-state index in [9.17, 15) is 13.2 Å². The lowest BCUT2D eigenvalue weighted by Crippen LogP contribution is -2.38. The molecule has 0 saturated heterocycles. The maximum atomic E-state index is 12.4. The Morgan fingerprint density at radius 1 is 1.33 bits per heavy atom. The van der Waals surface area contributed by atoms with E-state index in [1.54, 1.807) is 19.0 Å². The number of alkyl halides is 3. The van der Waals surface area contributed by atoms with Gasteiger partial charge in [0.2, 0.25) is 0 Å². The first kappa shape index (κ1) is 19.6. The molecule has 1 aromatic rings. The van der Waals surface area contributed by atoms with Crippen molar-refractivity contribution in [1.82, 2.24) is 10.2 Å². The van der Waals surface area contributed by atoms with Gasteiger partial charge in [-0.2, -0.15) is 13.2 Å². The maximum absolute atomic E-state index is 12.4. The molecule has 0 radical (unpaired) electrons. The Labute approximate surface area is 139 Å². The highest BCUT2D eigenvalue weighted by molar-refractivity contribution is 14.0. The minimum Gasteiger partial charge on any atom is -0.345 e. The van der Waals surface area contributed by atoms with Gasteiger partial charge in [0, 0.05) is 20.6 Å². The lowest BCUT2D eigenvalue weighted by molar-refractivity contribution is -0.137. The highest BCUT2D eigenvalue weighted by Crippen LogP contribution is 2.29. The van der Waals surface area contributed by atoms with Crippen LogP contribution in [0.1, 0.15) is 11.1 Å². The molecule has 1 rings (SSSR count). The van der Waals surface area contributed by atoms with Crippen molar-refractivity contribution in [3.05, 3.63) is 35.4 Å². The normalized spacial score (nSPS) is 11.3. The van der Waals surface area contributed by atoms with Crippen LogP contribution in [-0.2, 0) is 12.7 Å². The lowest BCUT2D eigenvalue weighted by Gasteiger charge is -2.21. The molecule has 0 spiro atoms. The molecule has 0 heterocycles. The zero-order chi connectivity index (χ0) is 15.2. The number of rotatable bonds is 3. The van der Waals surface area contributed by atoms with Crippen LogP contribution < -0.4 is 5.32 Å². The summed E-state index contributed by atoms with van der Waals surface area (Å²) in [5.41, 5.74) is 0.0999. The summed E-state index contributed by atoms with van der Waals surface area (Å²) in [7, 11) is 3.39. The van der Waals surface area contributed by atoms with Crippen molar-refractivity contribution in [2.45, 2.75) is 12.7 Å². The molecule has 1 N–H and O–H groups in total. The Kier molecular flexibility index (Phi) is 8.17. The Balaban J connectivity index is 0.00000400. The van der Waals surface area contributed by atoms with Crippen LogP contribution in [0.4, 0.5) is 13.2 Å². The van der Waals surface area contributed by atoms with E-state index in [0.717, 1.165) is 17.7 Å². The van der Waals surface area contributed by atoms with E-state index < -0.39 is 11.7 Å². The average molecular weight is 411 g/mol. The molecule has 0 amide bonds. The molecule has 0 atom stereocenters. The van der Waals surface area contributed by atoms with E-state index >= 15 is 0 Å². The molecule has 0 fully saturated rings. The van der Waals surface area contributed by atoms with E-state index in [1.807, 2.05) is 0 Å². The van der Waals surface area contributed by atoms with Crippen molar-refractivity contribution in [3.63, 3.8) is 0 Å². The van der Waals surface area contributed by atoms with E-state index in [4.69, 9.17) is 6.42 Å². The first-order valence-electron chi connectivity index (χ1n) is 5.90. The van der Waals surface area contributed by atoms with E-state index in [0.29, 0.717) is 19.0 Å². The number of halogens is 4. The van der Waals surface area contributed by atoms with Gasteiger partial charge in [-0.1, -0.05) is 18.1 Å². The Bertz CT molecular complexity index is 504. The standard InChI is InChI=1S/C14H16F3N3.HI/c1-4-9-19-13(18-2)20(3)10-11-5-7-12(8-6-11)14(15,16)17;/h1,5-8H,9-10H2,2-3H3,(H,18,19);1H. The smallest absolute Gasteiger partial charge is 0.345 e. The number of nitrogens with zero attached hydrogens (tertiary/aromatic N) is 2. The number of guanidine groups is 1. The third kappa shape index (κ3) is 6.25. The molecule has 21 heavy (non-hydrogen) atoms. The largest absolute Gasteiger partial charge is 0.416 e. The second-order valence-corrected chi connectivity index (χ2v) is 4.16. The summed E-state index contributed by atoms with van der Waals surface area (Å²) in [5.74, 6) is 3.02. The molecule has 3 nitrogen and oxygen atoms in total.